The van der Waals surface area contributed by atoms with E-state index >= 15 is 0 Å². The maximum atomic E-state index is 11.8. The number of rotatable bonds is 4. The molecule has 0 saturated heterocycles. The highest BCUT2D eigenvalue weighted by molar-refractivity contribution is 7.13. The molecule has 0 aliphatic heterocycles. The Kier molecular flexibility index (Phi) is 3.33. The highest BCUT2D eigenvalue weighted by Crippen LogP contribution is 2.16. The molecule has 18 heavy (non-hydrogen) atoms. The molecule has 0 aromatic carbocycles. The monoisotopic (exact) mass is 267 g/mol. The molecule has 0 radical (unpaired) electrons. The number of aromatic nitrogens is 3. The van der Waals surface area contributed by atoms with Crippen molar-refractivity contribution in [3.63, 3.8) is 0 Å². The van der Waals surface area contributed by atoms with Crippen LogP contribution in [-0.2, 0) is 4.79 Å². The Bertz CT molecular complexity index is 565. The predicted octanol–water partition coefficient (Wildman–Crippen LogP) is 1.45. The lowest BCUT2D eigenvalue weighted by Crippen LogP contribution is -2.23. The zero-order chi connectivity index (χ0) is 13.1. The van der Waals surface area contributed by atoms with E-state index in [0.717, 1.165) is 6.20 Å². The van der Waals surface area contributed by atoms with Crippen molar-refractivity contribution in [3.05, 3.63) is 34.1 Å². The topological polar surface area (TPSA) is 103 Å². The number of amides is 1. The van der Waals surface area contributed by atoms with Crippen molar-refractivity contribution >= 4 is 28.1 Å². The molecule has 0 spiro atoms. The summed E-state index contributed by atoms with van der Waals surface area (Å²) in [5, 5.41) is 19.1. The summed E-state index contributed by atoms with van der Waals surface area (Å²) in [4.78, 5) is 25.7. The minimum atomic E-state index is -0.650. The first-order valence-electron chi connectivity index (χ1n) is 4.97. The van der Waals surface area contributed by atoms with Crippen molar-refractivity contribution in [2.24, 2.45) is 0 Å². The fourth-order valence-electron chi connectivity index (χ4n) is 1.25. The maximum absolute atomic E-state index is 11.8. The summed E-state index contributed by atoms with van der Waals surface area (Å²) in [6.07, 6.45) is 3.89. The molecule has 0 unspecified atom stereocenters. The largest absolute Gasteiger partial charge is 0.307 e. The lowest BCUT2D eigenvalue weighted by molar-refractivity contribution is -0.385. The van der Waals surface area contributed by atoms with Gasteiger partial charge >= 0.3 is 5.69 Å². The second-order valence-electron chi connectivity index (χ2n) is 3.44. The summed E-state index contributed by atoms with van der Waals surface area (Å²) < 4.78 is 1.24. The molecule has 94 valence electrons. The van der Waals surface area contributed by atoms with Crippen molar-refractivity contribution < 1.29 is 9.72 Å². The SMILES string of the molecule is C[C@H](C(=O)Nc1nccs1)n1cc([N+](=O)[O-])cn1. The molecule has 2 aromatic rings. The minimum absolute atomic E-state index is 0.149. The Balaban J connectivity index is 2.07. The van der Waals surface area contributed by atoms with Crippen molar-refractivity contribution in [3.8, 4) is 0 Å². The predicted molar refractivity (Wildman–Crippen MR) is 64.3 cm³/mol. The molecule has 2 heterocycles. The molecule has 1 amide bonds. The van der Waals surface area contributed by atoms with Crippen LogP contribution in [0.4, 0.5) is 10.8 Å². The van der Waals surface area contributed by atoms with Gasteiger partial charge in [-0.25, -0.2) is 4.98 Å². The normalized spacial score (nSPS) is 12.1. The van der Waals surface area contributed by atoms with Gasteiger partial charge in [-0.1, -0.05) is 0 Å². The van der Waals surface area contributed by atoms with E-state index < -0.39 is 11.0 Å². The highest BCUT2D eigenvalue weighted by atomic mass is 32.1. The standard InChI is InChI=1S/C9H9N5O3S/c1-6(8(15)12-9-10-2-3-18-9)13-5-7(4-11-13)14(16)17/h2-6H,1H3,(H,10,12,15)/t6-/m1/s1. The van der Waals surface area contributed by atoms with E-state index in [4.69, 9.17) is 0 Å². The van der Waals surface area contributed by atoms with Crippen LogP contribution in [0.1, 0.15) is 13.0 Å². The van der Waals surface area contributed by atoms with E-state index in [9.17, 15) is 14.9 Å². The van der Waals surface area contributed by atoms with Crippen LogP contribution in [0.5, 0.6) is 0 Å². The minimum Gasteiger partial charge on any atom is -0.300 e. The molecule has 0 fully saturated rings. The highest BCUT2D eigenvalue weighted by Gasteiger charge is 2.19. The van der Waals surface area contributed by atoms with E-state index in [2.05, 4.69) is 15.4 Å². The van der Waals surface area contributed by atoms with E-state index in [1.807, 2.05) is 0 Å². The van der Waals surface area contributed by atoms with Crippen molar-refractivity contribution in [2.45, 2.75) is 13.0 Å². The van der Waals surface area contributed by atoms with Crippen molar-refractivity contribution in [1.29, 1.82) is 0 Å². The number of hydrogen-bond acceptors (Lipinski definition) is 6. The Morgan fingerprint density at radius 2 is 2.44 bits per heavy atom. The van der Waals surface area contributed by atoms with E-state index in [1.54, 1.807) is 18.5 Å². The zero-order valence-corrected chi connectivity index (χ0v) is 10.1. The summed E-state index contributed by atoms with van der Waals surface area (Å²) in [6.45, 7) is 1.60. The number of nitrogens with one attached hydrogen (secondary N) is 1. The number of carbonyl (C=O) groups excluding carboxylic acids is 1. The molecular formula is C9H9N5O3S. The fraction of sp³-hybridized carbons (Fsp3) is 0.222. The molecule has 0 aliphatic carbocycles. The molecule has 2 aromatic heterocycles. The summed E-state index contributed by atoms with van der Waals surface area (Å²) in [5.41, 5.74) is -0.149. The lowest BCUT2D eigenvalue weighted by Gasteiger charge is -2.10. The van der Waals surface area contributed by atoms with Gasteiger partial charge < -0.3 is 5.32 Å². The Morgan fingerprint density at radius 3 is 3.00 bits per heavy atom. The van der Waals surface area contributed by atoms with Gasteiger partial charge in [0.05, 0.1) is 4.92 Å². The Hall–Kier alpha value is -2.29. The number of nitrogens with zero attached hydrogens (tertiary/aromatic N) is 4. The third-order valence-electron chi connectivity index (χ3n) is 2.24. The number of nitro groups is 1. The van der Waals surface area contributed by atoms with Gasteiger partial charge in [0.15, 0.2) is 5.13 Å². The molecule has 2 rings (SSSR count). The quantitative estimate of drug-likeness (QED) is 0.667. The van der Waals surface area contributed by atoms with Crippen molar-refractivity contribution in [1.82, 2.24) is 14.8 Å². The summed E-state index contributed by atoms with van der Waals surface area (Å²) in [6, 6.07) is -0.650. The third-order valence-corrected chi connectivity index (χ3v) is 2.93. The molecule has 1 atom stereocenters. The van der Waals surface area contributed by atoms with E-state index in [-0.39, 0.29) is 11.6 Å². The average Bonchev–Trinajstić information content (AvgIpc) is 2.98. The van der Waals surface area contributed by atoms with Gasteiger partial charge in [-0.15, -0.1) is 11.3 Å². The van der Waals surface area contributed by atoms with Crippen LogP contribution in [0.15, 0.2) is 24.0 Å². The molecule has 9 heteroatoms. The first kappa shape index (κ1) is 12.2. The van der Waals surface area contributed by atoms with Gasteiger partial charge in [-0.05, 0) is 6.92 Å². The van der Waals surface area contributed by atoms with Crippen LogP contribution in [0, 0.1) is 10.1 Å². The number of anilines is 1. The zero-order valence-electron chi connectivity index (χ0n) is 9.31. The van der Waals surface area contributed by atoms with Crippen LogP contribution < -0.4 is 5.32 Å². The molecule has 0 saturated carbocycles. The van der Waals surface area contributed by atoms with Gasteiger partial charge in [0, 0.05) is 11.6 Å². The molecule has 1 N–H and O–H groups in total. The van der Waals surface area contributed by atoms with Crippen LogP contribution in [0.2, 0.25) is 0 Å². The molecular weight excluding hydrogens is 258 g/mol. The van der Waals surface area contributed by atoms with Crippen LogP contribution in [0.25, 0.3) is 0 Å². The summed E-state index contributed by atoms with van der Waals surface area (Å²) in [7, 11) is 0. The van der Waals surface area contributed by atoms with Gasteiger partial charge in [0.25, 0.3) is 5.91 Å². The second-order valence-corrected chi connectivity index (χ2v) is 4.33. The fourth-order valence-corrected chi connectivity index (χ4v) is 1.78. The molecule has 8 nitrogen and oxygen atoms in total. The average molecular weight is 267 g/mol. The smallest absolute Gasteiger partial charge is 0.300 e. The van der Waals surface area contributed by atoms with Crippen molar-refractivity contribution in [2.75, 3.05) is 5.32 Å². The third kappa shape index (κ3) is 2.51. The first-order chi connectivity index (χ1) is 8.58. The Morgan fingerprint density at radius 1 is 1.67 bits per heavy atom. The van der Waals surface area contributed by atoms with Gasteiger partial charge in [-0.2, -0.15) is 5.10 Å². The van der Waals surface area contributed by atoms with Gasteiger partial charge in [-0.3, -0.25) is 19.6 Å². The number of thiazole rings is 1. The van der Waals surface area contributed by atoms with Crippen LogP contribution in [0.3, 0.4) is 0 Å². The summed E-state index contributed by atoms with van der Waals surface area (Å²) >= 11 is 1.29. The van der Waals surface area contributed by atoms with Crippen LogP contribution >= 0.6 is 11.3 Å². The number of hydrogen-bond donors (Lipinski definition) is 1. The van der Waals surface area contributed by atoms with E-state index in [0.29, 0.717) is 5.13 Å². The van der Waals surface area contributed by atoms with Crippen LogP contribution in [-0.4, -0.2) is 25.6 Å². The second kappa shape index (κ2) is 4.92. The molecule has 0 aliphatic rings. The van der Waals surface area contributed by atoms with Gasteiger partial charge in [0.1, 0.15) is 18.4 Å². The number of carbonyl (C=O) groups is 1. The maximum Gasteiger partial charge on any atom is 0.307 e. The molecule has 0 bridgehead atoms. The Labute approximate surface area is 105 Å². The first-order valence-corrected chi connectivity index (χ1v) is 5.85. The van der Waals surface area contributed by atoms with E-state index in [1.165, 1.54) is 22.2 Å². The summed E-state index contributed by atoms with van der Waals surface area (Å²) in [5.74, 6) is -0.331. The lowest BCUT2D eigenvalue weighted by atomic mass is 10.3. The van der Waals surface area contributed by atoms with Gasteiger partial charge in [0.2, 0.25) is 0 Å².